The molecule has 0 aliphatic carbocycles. The number of carbonyl (C=O) groups is 3. The number of hydrogen-bond acceptors (Lipinski definition) is 5. The Kier molecular flexibility index (Phi) is 8.12. The summed E-state index contributed by atoms with van der Waals surface area (Å²) in [6.45, 7) is 4.21. The molecule has 0 radical (unpaired) electrons. The zero-order chi connectivity index (χ0) is 22.2. The third kappa shape index (κ3) is 6.59. The van der Waals surface area contributed by atoms with Gasteiger partial charge in [-0.2, -0.15) is 0 Å². The zero-order valence-corrected chi connectivity index (χ0v) is 18.7. The van der Waals surface area contributed by atoms with Gasteiger partial charge in [0, 0.05) is 30.0 Å². The van der Waals surface area contributed by atoms with Gasteiger partial charge >= 0.3 is 5.97 Å². The molecular formula is C24H28N2O4S. The van der Waals surface area contributed by atoms with Crippen LogP contribution in [0.15, 0.2) is 59.5 Å². The van der Waals surface area contributed by atoms with Crippen molar-refractivity contribution in [1.82, 2.24) is 5.32 Å². The fraction of sp³-hybridized carbons (Fsp3) is 0.375. The fourth-order valence-corrected chi connectivity index (χ4v) is 4.46. The quantitative estimate of drug-likeness (QED) is 0.626. The average molecular weight is 441 g/mol. The van der Waals surface area contributed by atoms with Crippen LogP contribution in [0.25, 0.3) is 0 Å². The second-order valence-electron chi connectivity index (χ2n) is 7.64. The van der Waals surface area contributed by atoms with E-state index in [0.29, 0.717) is 6.54 Å². The van der Waals surface area contributed by atoms with E-state index in [1.807, 2.05) is 54.6 Å². The Hall–Kier alpha value is -2.80. The molecule has 2 aromatic rings. The summed E-state index contributed by atoms with van der Waals surface area (Å²) < 4.78 is 5.24. The number of para-hydroxylation sites is 1. The number of carbonyl (C=O) groups excluding carboxylic acids is 3. The number of rotatable bonds is 8. The normalized spacial score (nSPS) is 14.0. The van der Waals surface area contributed by atoms with Gasteiger partial charge in [0.1, 0.15) is 0 Å². The standard InChI is InChI=1S/C24H28N2O4S/c1-17(2)30-24(29)16-19(18-8-4-3-5-9-18)25-22(27)12-13-23(28)26-14-15-31-21-11-7-6-10-20(21)26/h3-11,17,19H,12-16H2,1-2H3,(H,25,27). The third-order valence-electron chi connectivity index (χ3n) is 4.87. The van der Waals surface area contributed by atoms with Crippen LogP contribution in [0.1, 0.15) is 44.7 Å². The van der Waals surface area contributed by atoms with Gasteiger partial charge in [-0.15, -0.1) is 11.8 Å². The van der Waals surface area contributed by atoms with Crippen LogP contribution in [-0.2, 0) is 19.1 Å². The molecule has 0 saturated heterocycles. The highest BCUT2D eigenvalue weighted by Crippen LogP contribution is 2.34. The molecule has 3 rings (SSSR count). The maximum absolute atomic E-state index is 12.8. The number of anilines is 1. The van der Waals surface area contributed by atoms with E-state index in [2.05, 4.69) is 5.32 Å². The molecule has 1 unspecified atom stereocenters. The molecule has 1 aliphatic heterocycles. The summed E-state index contributed by atoms with van der Waals surface area (Å²) in [6.07, 6.45) is -0.00274. The van der Waals surface area contributed by atoms with Crippen LogP contribution in [0.5, 0.6) is 0 Å². The van der Waals surface area contributed by atoms with Crippen molar-refractivity contribution in [2.24, 2.45) is 0 Å². The van der Waals surface area contributed by atoms with Gasteiger partial charge in [-0.3, -0.25) is 14.4 Å². The lowest BCUT2D eigenvalue weighted by Gasteiger charge is -2.29. The molecule has 7 heteroatoms. The van der Waals surface area contributed by atoms with Crippen molar-refractivity contribution in [3.63, 3.8) is 0 Å². The van der Waals surface area contributed by atoms with Crippen LogP contribution >= 0.6 is 11.8 Å². The van der Waals surface area contributed by atoms with E-state index in [9.17, 15) is 14.4 Å². The van der Waals surface area contributed by atoms with Gasteiger partial charge in [0.05, 0.1) is 24.3 Å². The summed E-state index contributed by atoms with van der Waals surface area (Å²) in [4.78, 5) is 40.4. The third-order valence-corrected chi connectivity index (χ3v) is 5.91. The van der Waals surface area contributed by atoms with E-state index >= 15 is 0 Å². The van der Waals surface area contributed by atoms with Gasteiger partial charge in [0.2, 0.25) is 11.8 Å². The van der Waals surface area contributed by atoms with Crippen LogP contribution in [0.2, 0.25) is 0 Å². The van der Waals surface area contributed by atoms with E-state index in [-0.39, 0.29) is 43.2 Å². The highest BCUT2D eigenvalue weighted by Gasteiger charge is 2.24. The summed E-state index contributed by atoms with van der Waals surface area (Å²) in [7, 11) is 0. The zero-order valence-electron chi connectivity index (χ0n) is 17.9. The number of fused-ring (bicyclic) bond motifs is 1. The van der Waals surface area contributed by atoms with Crippen molar-refractivity contribution < 1.29 is 19.1 Å². The Morgan fingerprint density at radius 1 is 1.03 bits per heavy atom. The number of benzene rings is 2. The van der Waals surface area contributed by atoms with Crippen molar-refractivity contribution in [3.8, 4) is 0 Å². The molecule has 31 heavy (non-hydrogen) atoms. The minimum absolute atomic E-state index is 0.0403. The summed E-state index contributed by atoms with van der Waals surface area (Å²) in [5.41, 5.74) is 1.73. The van der Waals surface area contributed by atoms with Gasteiger partial charge < -0.3 is 15.0 Å². The molecule has 1 N–H and O–H groups in total. The molecule has 1 aliphatic rings. The van der Waals surface area contributed by atoms with E-state index in [4.69, 9.17) is 4.74 Å². The minimum atomic E-state index is -0.498. The average Bonchev–Trinajstić information content (AvgIpc) is 2.76. The lowest BCUT2D eigenvalue weighted by atomic mass is 10.0. The van der Waals surface area contributed by atoms with Crippen LogP contribution in [0, 0.1) is 0 Å². The number of hydrogen-bond donors (Lipinski definition) is 1. The van der Waals surface area contributed by atoms with Gasteiger partial charge in [-0.05, 0) is 31.5 Å². The number of nitrogens with one attached hydrogen (secondary N) is 1. The maximum Gasteiger partial charge on any atom is 0.308 e. The topological polar surface area (TPSA) is 75.7 Å². The monoisotopic (exact) mass is 440 g/mol. The molecule has 0 bridgehead atoms. The Morgan fingerprint density at radius 2 is 1.74 bits per heavy atom. The first kappa shape index (κ1) is 22.9. The summed E-state index contributed by atoms with van der Waals surface area (Å²) in [5, 5.41) is 2.90. The first-order valence-corrected chi connectivity index (χ1v) is 11.5. The first-order valence-electron chi connectivity index (χ1n) is 10.5. The maximum atomic E-state index is 12.8. The molecule has 1 heterocycles. The van der Waals surface area contributed by atoms with E-state index < -0.39 is 6.04 Å². The van der Waals surface area contributed by atoms with Crippen LogP contribution in [0.4, 0.5) is 5.69 Å². The predicted octanol–water partition coefficient (Wildman–Crippen LogP) is 4.10. The van der Waals surface area contributed by atoms with Crippen molar-refractivity contribution in [2.75, 3.05) is 17.2 Å². The highest BCUT2D eigenvalue weighted by molar-refractivity contribution is 7.99. The van der Waals surface area contributed by atoms with Gasteiger partial charge in [-0.25, -0.2) is 0 Å². The lowest BCUT2D eigenvalue weighted by Crippen LogP contribution is -2.37. The summed E-state index contributed by atoms with van der Waals surface area (Å²) >= 11 is 1.73. The van der Waals surface area contributed by atoms with Crippen LogP contribution in [-0.4, -0.2) is 36.2 Å². The predicted molar refractivity (Wildman–Crippen MR) is 122 cm³/mol. The number of amides is 2. The van der Waals surface area contributed by atoms with Gasteiger partial charge in [-0.1, -0.05) is 42.5 Å². The lowest BCUT2D eigenvalue weighted by molar-refractivity contribution is -0.148. The summed E-state index contributed by atoms with van der Waals surface area (Å²) in [6, 6.07) is 16.6. The smallest absolute Gasteiger partial charge is 0.308 e. The number of ether oxygens (including phenoxy) is 1. The van der Waals surface area contributed by atoms with Crippen molar-refractivity contribution in [1.29, 1.82) is 0 Å². The second kappa shape index (κ2) is 11.0. The second-order valence-corrected chi connectivity index (χ2v) is 8.77. The largest absolute Gasteiger partial charge is 0.463 e. The van der Waals surface area contributed by atoms with Crippen molar-refractivity contribution in [2.45, 2.75) is 50.2 Å². The Bertz CT molecular complexity index is 917. The molecular weight excluding hydrogens is 412 g/mol. The minimum Gasteiger partial charge on any atom is -0.463 e. The van der Waals surface area contributed by atoms with Gasteiger partial charge in [0.25, 0.3) is 0 Å². The SMILES string of the molecule is CC(C)OC(=O)CC(NC(=O)CCC(=O)N1CCSc2ccccc21)c1ccccc1. The molecule has 2 amide bonds. The van der Waals surface area contributed by atoms with Gasteiger partial charge in [0.15, 0.2) is 0 Å². The Morgan fingerprint density at radius 3 is 2.48 bits per heavy atom. The van der Waals surface area contributed by atoms with Crippen molar-refractivity contribution in [3.05, 3.63) is 60.2 Å². The molecule has 6 nitrogen and oxygen atoms in total. The first-order chi connectivity index (χ1) is 14.9. The van der Waals surface area contributed by atoms with E-state index in [1.165, 1.54) is 0 Å². The Balaban J connectivity index is 1.59. The van der Waals surface area contributed by atoms with Crippen LogP contribution < -0.4 is 10.2 Å². The molecule has 2 aromatic carbocycles. The summed E-state index contributed by atoms with van der Waals surface area (Å²) in [5.74, 6) is 0.128. The van der Waals surface area contributed by atoms with E-state index in [1.54, 1.807) is 30.5 Å². The molecule has 1 atom stereocenters. The van der Waals surface area contributed by atoms with Crippen molar-refractivity contribution >= 4 is 35.2 Å². The number of nitrogens with zero attached hydrogens (tertiary/aromatic N) is 1. The van der Waals surface area contributed by atoms with E-state index in [0.717, 1.165) is 21.9 Å². The van der Waals surface area contributed by atoms with Crippen LogP contribution in [0.3, 0.4) is 0 Å². The molecule has 0 spiro atoms. The molecule has 164 valence electrons. The fourth-order valence-electron chi connectivity index (χ4n) is 3.47. The molecule has 0 aromatic heterocycles. The highest BCUT2D eigenvalue weighted by atomic mass is 32.2. The Labute approximate surface area is 187 Å². The number of thioether (sulfide) groups is 1. The number of esters is 1. The molecule has 0 fully saturated rings. The molecule has 0 saturated carbocycles.